The number of fused-ring (bicyclic) bond motifs is 2. The van der Waals surface area contributed by atoms with Crippen molar-refractivity contribution in [2.45, 2.75) is 16.7 Å². The predicted octanol–water partition coefficient (Wildman–Crippen LogP) is 5.89. The normalized spacial score (nSPS) is 12.7. The smallest absolute Gasteiger partial charge is 0.169 e. The Balaban J connectivity index is 1.92. The van der Waals surface area contributed by atoms with Gasteiger partial charge in [-0.05, 0) is 43.3 Å². The highest BCUT2D eigenvalue weighted by molar-refractivity contribution is 7.99. The number of hydrogen-bond donors (Lipinski definition) is 0. The Bertz CT molecular complexity index is 823. The van der Waals surface area contributed by atoms with E-state index >= 15 is 0 Å². The number of thiophene rings is 1. The third-order valence-electron chi connectivity index (χ3n) is 3.59. The molecule has 2 aromatic carbocycles. The van der Waals surface area contributed by atoms with Gasteiger partial charge < -0.3 is 0 Å². The van der Waals surface area contributed by atoms with E-state index in [4.69, 9.17) is 0 Å². The molecule has 4 rings (SSSR count). The molecule has 0 spiro atoms. The summed E-state index contributed by atoms with van der Waals surface area (Å²) in [5, 5.41) is 1.07. The summed E-state index contributed by atoms with van der Waals surface area (Å²) in [7, 11) is 0. The predicted molar refractivity (Wildman–Crippen MR) is 93.1 cm³/mol. The van der Waals surface area contributed by atoms with Gasteiger partial charge in [0.2, 0.25) is 0 Å². The van der Waals surface area contributed by atoms with Crippen molar-refractivity contribution >= 4 is 45.3 Å². The molecule has 22 heavy (non-hydrogen) atoms. The van der Waals surface area contributed by atoms with Gasteiger partial charge in [0, 0.05) is 9.79 Å². The monoisotopic (exact) mass is 323 g/mol. The Morgan fingerprint density at radius 1 is 0.864 bits per heavy atom. The van der Waals surface area contributed by atoms with E-state index < -0.39 is 0 Å². The molecule has 1 aliphatic rings. The van der Waals surface area contributed by atoms with Crippen molar-refractivity contribution in [3.05, 3.63) is 65.5 Å². The number of benzene rings is 2. The first kappa shape index (κ1) is 13.6. The Hall–Kier alpha value is -2.04. The number of hydrogen-bond acceptors (Lipinski definition) is 4. The molecule has 0 saturated heterocycles. The van der Waals surface area contributed by atoms with E-state index in [-0.39, 0.29) is 5.78 Å². The van der Waals surface area contributed by atoms with Crippen LogP contribution < -0.4 is 4.90 Å². The molecule has 1 aliphatic heterocycles. The average molecular weight is 323 g/mol. The van der Waals surface area contributed by atoms with E-state index in [2.05, 4.69) is 53.4 Å². The molecule has 108 valence electrons. The lowest BCUT2D eigenvalue weighted by Gasteiger charge is -2.31. The Morgan fingerprint density at radius 3 is 2.00 bits per heavy atom. The molecular weight excluding hydrogens is 310 g/mol. The number of carbonyl (C=O) groups excluding carboxylic acids is 1. The van der Waals surface area contributed by atoms with Crippen LogP contribution in [0.15, 0.2) is 70.5 Å². The highest BCUT2D eigenvalue weighted by Gasteiger charge is 2.25. The van der Waals surface area contributed by atoms with Crippen LogP contribution in [-0.4, -0.2) is 5.78 Å². The van der Waals surface area contributed by atoms with Gasteiger partial charge in [0.05, 0.1) is 16.3 Å². The summed E-state index contributed by atoms with van der Waals surface area (Å²) in [6.45, 7) is 1.61. The molecule has 0 amide bonds. The number of anilines is 3. The zero-order chi connectivity index (χ0) is 15.1. The molecule has 0 fully saturated rings. The fraction of sp³-hybridized carbons (Fsp3) is 0.0556. The van der Waals surface area contributed by atoms with Gasteiger partial charge in [0.15, 0.2) is 5.78 Å². The average Bonchev–Trinajstić information content (AvgIpc) is 3.02. The summed E-state index contributed by atoms with van der Waals surface area (Å²) in [5.41, 5.74) is 2.34. The van der Waals surface area contributed by atoms with Crippen molar-refractivity contribution in [3.63, 3.8) is 0 Å². The van der Waals surface area contributed by atoms with Crippen molar-refractivity contribution in [1.29, 1.82) is 0 Å². The zero-order valence-electron chi connectivity index (χ0n) is 11.9. The largest absolute Gasteiger partial charge is 0.300 e. The minimum Gasteiger partial charge on any atom is -0.300 e. The lowest BCUT2D eigenvalue weighted by molar-refractivity contribution is 0.102. The second-order valence-corrected chi connectivity index (χ2v) is 7.21. The number of carbonyl (C=O) groups is 1. The van der Waals surface area contributed by atoms with Gasteiger partial charge in [-0.2, -0.15) is 0 Å². The van der Waals surface area contributed by atoms with Gasteiger partial charge in [0.25, 0.3) is 0 Å². The molecule has 4 heteroatoms. The fourth-order valence-electron chi connectivity index (χ4n) is 2.58. The molecule has 0 atom stereocenters. The number of ketones is 1. The highest BCUT2D eigenvalue weighted by atomic mass is 32.2. The van der Waals surface area contributed by atoms with Crippen LogP contribution in [0.5, 0.6) is 0 Å². The third kappa shape index (κ3) is 2.16. The molecule has 2 heterocycles. The lowest BCUT2D eigenvalue weighted by atomic mass is 10.2. The van der Waals surface area contributed by atoms with Crippen LogP contribution in [0.1, 0.15) is 16.6 Å². The first-order chi connectivity index (χ1) is 10.7. The van der Waals surface area contributed by atoms with Crippen LogP contribution in [0.25, 0.3) is 0 Å². The molecule has 2 nitrogen and oxygen atoms in total. The van der Waals surface area contributed by atoms with Gasteiger partial charge >= 0.3 is 0 Å². The van der Waals surface area contributed by atoms with Crippen LogP contribution in [0.4, 0.5) is 16.4 Å². The summed E-state index contributed by atoms with van der Waals surface area (Å²) < 4.78 is 0. The van der Waals surface area contributed by atoms with Crippen molar-refractivity contribution < 1.29 is 4.79 Å². The fourth-order valence-corrected chi connectivity index (χ4v) is 4.57. The van der Waals surface area contributed by atoms with Crippen molar-refractivity contribution in [2.24, 2.45) is 0 Å². The number of para-hydroxylation sites is 2. The highest BCUT2D eigenvalue weighted by Crippen LogP contribution is 2.52. The number of nitrogens with zero attached hydrogens (tertiary/aromatic N) is 1. The SMILES string of the molecule is CC(=O)c1ccc(N2c3ccccc3Sc3ccccc32)s1. The summed E-state index contributed by atoms with van der Waals surface area (Å²) in [4.78, 5) is 17.1. The first-order valence-electron chi connectivity index (χ1n) is 7.01. The summed E-state index contributed by atoms with van der Waals surface area (Å²) in [6, 6.07) is 20.7. The van der Waals surface area contributed by atoms with Crippen LogP contribution in [0.2, 0.25) is 0 Å². The number of Topliss-reactive ketones (excluding diaryl/α,β-unsaturated/α-hetero) is 1. The molecule has 0 N–H and O–H groups in total. The van der Waals surface area contributed by atoms with E-state index in [1.54, 1.807) is 30.0 Å². The molecule has 0 bridgehead atoms. The second kappa shape index (κ2) is 5.30. The minimum atomic E-state index is 0.115. The minimum absolute atomic E-state index is 0.115. The molecular formula is C18H13NOS2. The maximum absolute atomic E-state index is 11.6. The molecule has 1 aromatic heterocycles. The second-order valence-electron chi connectivity index (χ2n) is 5.07. The summed E-state index contributed by atoms with van der Waals surface area (Å²) in [6.07, 6.45) is 0. The molecule has 0 aliphatic carbocycles. The summed E-state index contributed by atoms with van der Waals surface area (Å²) in [5.74, 6) is 0.115. The van der Waals surface area contributed by atoms with Crippen molar-refractivity contribution in [3.8, 4) is 0 Å². The quantitative estimate of drug-likeness (QED) is 0.429. The maximum Gasteiger partial charge on any atom is 0.169 e. The zero-order valence-corrected chi connectivity index (χ0v) is 13.6. The van der Waals surface area contributed by atoms with Crippen LogP contribution in [0, 0.1) is 0 Å². The summed E-state index contributed by atoms with van der Waals surface area (Å²) >= 11 is 3.33. The van der Waals surface area contributed by atoms with E-state index in [0.717, 1.165) is 9.88 Å². The van der Waals surface area contributed by atoms with Crippen molar-refractivity contribution in [1.82, 2.24) is 0 Å². The van der Waals surface area contributed by atoms with E-state index in [9.17, 15) is 4.79 Å². The van der Waals surface area contributed by atoms with Crippen molar-refractivity contribution in [2.75, 3.05) is 4.90 Å². The van der Waals surface area contributed by atoms with Gasteiger partial charge in [-0.15, -0.1) is 11.3 Å². The molecule has 3 aromatic rings. The Morgan fingerprint density at radius 2 is 1.45 bits per heavy atom. The van der Waals surface area contributed by atoms with Crippen LogP contribution in [0.3, 0.4) is 0 Å². The van der Waals surface area contributed by atoms with Crippen LogP contribution >= 0.6 is 23.1 Å². The molecule has 0 unspecified atom stereocenters. The van der Waals surface area contributed by atoms with E-state index in [0.29, 0.717) is 0 Å². The van der Waals surface area contributed by atoms with Gasteiger partial charge in [-0.25, -0.2) is 0 Å². The molecule has 0 saturated carbocycles. The van der Waals surface area contributed by atoms with Gasteiger partial charge in [0.1, 0.15) is 5.00 Å². The Kier molecular flexibility index (Phi) is 3.28. The van der Waals surface area contributed by atoms with Gasteiger partial charge in [-0.1, -0.05) is 36.0 Å². The van der Waals surface area contributed by atoms with Crippen LogP contribution in [-0.2, 0) is 0 Å². The number of rotatable bonds is 2. The maximum atomic E-state index is 11.6. The third-order valence-corrected chi connectivity index (χ3v) is 5.89. The van der Waals surface area contributed by atoms with E-state index in [1.807, 2.05) is 12.1 Å². The van der Waals surface area contributed by atoms with E-state index in [1.165, 1.54) is 21.2 Å². The lowest BCUT2D eigenvalue weighted by Crippen LogP contribution is -2.13. The Labute approximate surface area is 137 Å². The standard InChI is InChI=1S/C18H13NOS2/c1-12(20)15-10-11-18(22-15)19-13-6-2-4-8-16(13)21-17-9-5-3-7-14(17)19/h2-11H,1H3. The van der Waals surface area contributed by atoms with Gasteiger partial charge in [-0.3, -0.25) is 9.69 Å². The first-order valence-corrected chi connectivity index (χ1v) is 8.64. The topological polar surface area (TPSA) is 20.3 Å². The molecule has 0 radical (unpaired) electrons.